The summed E-state index contributed by atoms with van der Waals surface area (Å²) in [5.74, 6) is 1.22. The summed E-state index contributed by atoms with van der Waals surface area (Å²) in [7, 11) is 1.57. The van der Waals surface area contributed by atoms with Crippen molar-refractivity contribution in [1.29, 1.82) is 0 Å². The average molecular weight is 316 g/mol. The van der Waals surface area contributed by atoms with Crippen molar-refractivity contribution >= 4 is 12.4 Å². The van der Waals surface area contributed by atoms with Gasteiger partial charge >= 0.3 is 5.97 Å². The van der Waals surface area contributed by atoms with Crippen LogP contribution in [0, 0.1) is 0 Å². The fourth-order valence-corrected chi connectivity index (χ4v) is 1.75. The van der Waals surface area contributed by atoms with Crippen LogP contribution < -0.4 is 14.2 Å². The second-order valence-corrected chi connectivity index (χ2v) is 4.40. The third-order valence-electron chi connectivity index (χ3n) is 2.90. The van der Waals surface area contributed by atoms with Crippen LogP contribution in [0.15, 0.2) is 48.5 Å². The van der Waals surface area contributed by atoms with Gasteiger partial charge in [0.1, 0.15) is 30.5 Å². The van der Waals surface area contributed by atoms with Crippen LogP contribution >= 0.6 is 0 Å². The van der Waals surface area contributed by atoms with Crippen molar-refractivity contribution in [3.05, 3.63) is 54.1 Å². The van der Waals surface area contributed by atoms with E-state index in [9.17, 15) is 9.59 Å². The van der Waals surface area contributed by atoms with Gasteiger partial charge in [0.2, 0.25) is 0 Å². The van der Waals surface area contributed by atoms with Crippen molar-refractivity contribution in [2.75, 3.05) is 20.3 Å². The van der Waals surface area contributed by atoms with Crippen LogP contribution in [-0.4, -0.2) is 32.8 Å². The maximum Gasteiger partial charge on any atom is 0.343 e. The van der Waals surface area contributed by atoms with Crippen LogP contribution in [0.5, 0.6) is 17.2 Å². The summed E-state index contributed by atoms with van der Waals surface area (Å²) in [6.45, 7) is 0.779. The molecule has 0 atom stereocenters. The highest BCUT2D eigenvalue weighted by molar-refractivity contribution is 5.91. The van der Waals surface area contributed by atoms with Crippen LogP contribution in [0.3, 0.4) is 0 Å². The van der Waals surface area contributed by atoms with Crippen molar-refractivity contribution in [3.8, 4) is 17.2 Å². The molecule has 0 radical (unpaired) electrons. The van der Waals surface area contributed by atoms with E-state index in [1.54, 1.807) is 55.6 Å². The number of rotatable bonds is 8. The summed E-state index contributed by atoms with van der Waals surface area (Å²) in [6.07, 6.45) is 0. The number of ether oxygens (including phenoxy) is 4. The molecule has 6 nitrogen and oxygen atoms in total. The molecule has 0 spiro atoms. The van der Waals surface area contributed by atoms with Gasteiger partial charge in [-0.3, -0.25) is 4.79 Å². The molecule has 0 saturated heterocycles. The molecular weight excluding hydrogens is 300 g/mol. The summed E-state index contributed by atoms with van der Waals surface area (Å²) in [5.41, 5.74) is 0.400. The summed E-state index contributed by atoms with van der Waals surface area (Å²) >= 11 is 0. The van der Waals surface area contributed by atoms with E-state index < -0.39 is 5.97 Å². The molecule has 0 aromatic heterocycles. The molecule has 0 aliphatic heterocycles. The zero-order valence-electron chi connectivity index (χ0n) is 12.6. The molecule has 0 saturated carbocycles. The molecule has 2 rings (SSSR count). The molecule has 2 aromatic carbocycles. The SMILES string of the molecule is COc1ccc(OC(=O)c2ccc(OCCOC=O)cc2)cc1. The third-order valence-corrected chi connectivity index (χ3v) is 2.90. The van der Waals surface area contributed by atoms with E-state index in [1.165, 1.54) is 0 Å². The normalized spacial score (nSPS) is 9.78. The van der Waals surface area contributed by atoms with Crippen LogP contribution in [-0.2, 0) is 9.53 Å². The molecule has 23 heavy (non-hydrogen) atoms. The second-order valence-electron chi connectivity index (χ2n) is 4.40. The highest BCUT2D eigenvalue weighted by Gasteiger charge is 2.09. The minimum atomic E-state index is -0.467. The molecule has 0 unspecified atom stereocenters. The predicted molar refractivity (Wildman–Crippen MR) is 81.9 cm³/mol. The van der Waals surface area contributed by atoms with Gasteiger partial charge in [0.25, 0.3) is 6.47 Å². The molecule has 0 bridgehead atoms. The van der Waals surface area contributed by atoms with E-state index in [1.807, 2.05) is 0 Å². The standard InChI is InChI=1S/C17H16O6/c1-20-14-6-8-16(9-7-14)23-17(19)13-2-4-15(5-3-13)22-11-10-21-12-18/h2-9,12H,10-11H2,1H3. The molecule has 0 fully saturated rings. The first-order valence-electron chi connectivity index (χ1n) is 6.87. The third kappa shape index (κ3) is 5.03. The molecule has 6 heteroatoms. The first kappa shape index (κ1) is 16.4. The van der Waals surface area contributed by atoms with Gasteiger partial charge in [-0.15, -0.1) is 0 Å². The van der Waals surface area contributed by atoms with Crippen molar-refractivity contribution in [2.45, 2.75) is 0 Å². The number of esters is 1. The lowest BCUT2D eigenvalue weighted by Gasteiger charge is -2.07. The molecular formula is C17H16O6. The van der Waals surface area contributed by atoms with E-state index >= 15 is 0 Å². The first-order chi connectivity index (χ1) is 11.2. The monoisotopic (exact) mass is 316 g/mol. The number of hydrogen-bond donors (Lipinski definition) is 0. The van der Waals surface area contributed by atoms with Crippen molar-refractivity contribution < 1.29 is 28.5 Å². The fraction of sp³-hybridized carbons (Fsp3) is 0.176. The van der Waals surface area contributed by atoms with Crippen molar-refractivity contribution in [1.82, 2.24) is 0 Å². The smallest absolute Gasteiger partial charge is 0.343 e. The fourth-order valence-electron chi connectivity index (χ4n) is 1.75. The van der Waals surface area contributed by atoms with Gasteiger partial charge in [0, 0.05) is 0 Å². The molecule has 0 aliphatic rings. The molecule has 0 amide bonds. The Morgan fingerprint density at radius 3 is 2.13 bits per heavy atom. The highest BCUT2D eigenvalue weighted by Crippen LogP contribution is 2.19. The molecule has 0 N–H and O–H groups in total. The van der Waals surface area contributed by atoms with Gasteiger partial charge < -0.3 is 18.9 Å². The Bertz CT molecular complexity index is 633. The Morgan fingerprint density at radius 1 is 0.913 bits per heavy atom. The highest BCUT2D eigenvalue weighted by atomic mass is 16.5. The summed E-state index contributed by atoms with van der Waals surface area (Å²) < 4.78 is 20.1. The Hall–Kier alpha value is -3.02. The Balaban J connectivity index is 1.90. The summed E-state index contributed by atoms with van der Waals surface area (Å²) in [4.78, 5) is 22.0. The van der Waals surface area contributed by atoms with Crippen LogP contribution in [0.1, 0.15) is 10.4 Å². The average Bonchev–Trinajstić information content (AvgIpc) is 2.60. The van der Waals surface area contributed by atoms with Gasteiger partial charge in [-0.05, 0) is 48.5 Å². The number of methoxy groups -OCH3 is 1. The number of hydrogen-bond acceptors (Lipinski definition) is 6. The summed E-state index contributed by atoms with van der Waals surface area (Å²) in [6, 6.07) is 13.2. The van der Waals surface area contributed by atoms with E-state index in [0.717, 1.165) is 0 Å². The largest absolute Gasteiger partial charge is 0.497 e. The van der Waals surface area contributed by atoms with Crippen molar-refractivity contribution in [3.63, 3.8) is 0 Å². The number of benzene rings is 2. The lowest BCUT2D eigenvalue weighted by Crippen LogP contribution is -2.09. The van der Waals surface area contributed by atoms with E-state index in [4.69, 9.17) is 14.2 Å². The number of carbonyl (C=O) groups excluding carboxylic acids is 2. The zero-order valence-corrected chi connectivity index (χ0v) is 12.6. The number of carbonyl (C=O) groups is 2. The van der Waals surface area contributed by atoms with Crippen molar-refractivity contribution in [2.24, 2.45) is 0 Å². The Kier molecular flexibility index (Phi) is 5.99. The lowest BCUT2D eigenvalue weighted by atomic mass is 10.2. The predicted octanol–water partition coefficient (Wildman–Crippen LogP) is 2.47. The maximum atomic E-state index is 12.0. The van der Waals surface area contributed by atoms with Crippen LogP contribution in [0.25, 0.3) is 0 Å². The topological polar surface area (TPSA) is 71.1 Å². The molecule has 2 aromatic rings. The minimum Gasteiger partial charge on any atom is -0.497 e. The van der Waals surface area contributed by atoms with Crippen LogP contribution in [0.4, 0.5) is 0 Å². The first-order valence-corrected chi connectivity index (χ1v) is 6.87. The summed E-state index contributed by atoms with van der Waals surface area (Å²) in [5, 5.41) is 0. The molecule has 0 heterocycles. The lowest BCUT2D eigenvalue weighted by molar-refractivity contribution is -0.129. The van der Waals surface area contributed by atoms with Gasteiger partial charge in [0.15, 0.2) is 0 Å². The Morgan fingerprint density at radius 2 is 1.52 bits per heavy atom. The molecule has 120 valence electrons. The zero-order chi connectivity index (χ0) is 16.5. The van der Waals surface area contributed by atoms with E-state index in [2.05, 4.69) is 4.74 Å². The molecule has 0 aliphatic carbocycles. The van der Waals surface area contributed by atoms with E-state index in [0.29, 0.717) is 29.3 Å². The van der Waals surface area contributed by atoms with Crippen LogP contribution in [0.2, 0.25) is 0 Å². The quantitative estimate of drug-likeness (QED) is 0.322. The second kappa shape index (κ2) is 8.43. The maximum absolute atomic E-state index is 12.0. The van der Waals surface area contributed by atoms with Gasteiger partial charge in [-0.1, -0.05) is 0 Å². The van der Waals surface area contributed by atoms with Gasteiger partial charge in [-0.25, -0.2) is 4.79 Å². The van der Waals surface area contributed by atoms with E-state index in [-0.39, 0.29) is 13.2 Å². The van der Waals surface area contributed by atoms with Gasteiger partial charge in [0.05, 0.1) is 12.7 Å². The Labute approximate surface area is 133 Å². The minimum absolute atomic E-state index is 0.171. The van der Waals surface area contributed by atoms with Gasteiger partial charge in [-0.2, -0.15) is 0 Å².